The summed E-state index contributed by atoms with van der Waals surface area (Å²) in [6.07, 6.45) is -5.23. The third-order valence-corrected chi connectivity index (χ3v) is 1.51. The molecule has 2 N–H and O–H groups in total. The molecule has 0 aliphatic rings. The van der Waals surface area contributed by atoms with Crippen molar-refractivity contribution in [1.29, 1.82) is 0 Å². The van der Waals surface area contributed by atoms with E-state index in [1.165, 1.54) is 0 Å². The molecule has 0 spiro atoms. The SMILES string of the molecule is CC(C)CNCC(O)COCC(F)(F)F. The number of ether oxygens (including phenoxy) is 1. The maximum Gasteiger partial charge on any atom is 0.411 e. The zero-order valence-electron chi connectivity index (χ0n) is 8.97. The first-order chi connectivity index (χ1) is 6.81. The Morgan fingerprint density at radius 1 is 1.27 bits per heavy atom. The van der Waals surface area contributed by atoms with Gasteiger partial charge in [0.2, 0.25) is 0 Å². The highest BCUT2D eigenvalue weighted by molar-refractivity contribution is 4.60. The van der Waals surface area contributed by atoms with E-state index < -0.39 is 18.9 Å². The molecule has 1 atom stereocenters. The van der Waals surface area contributed by atoms with Crippen molar-refractivity contribution in [1.82, 2.24) is 5.32 Å². The van der Waals surface area contributed by atoms with Gasteiger partial charge >= 0.3 is 6.18 Å². The minimum absolute atomic E-state index is 0.246. The van der Waals surface area contributed by atoms with Crippen molar-refractivity contribution in [3.05, 3.63) is 0 Å². The highest BCUT2D eigenvalue weighted by Crippen LogP contribution is 2.14. The number of rotatable bonds is 7. The summed E-state index contributed by atoms with van der Waals surface area (Å²) in [6, 6.07) is 0. The van der Waals surface area contributed by atoms with Crippen LogP contribution in [0.15, 0.2) is 0 Å². The maximum atomic E-state index is 11.6. The molecule has 0 amide bonds. The molecular formula is C9H18F3NO2. The zero-order chi connectivity index (χ0) is 11.9. The van der Waals surface area contributed by atoms with Crippen LogP contribution in [-0.2, 0) is 4.74 Å². The largest absolute Gasteiger partial charge is 0.411 e. The zero-order valence-corrected chi connectivity index (χ0v) is 8.97. The van der Waals surface area contributed by atoms with Gasteiger partial charge < -0.3 is 15.2 Å². The molecule has 0 aromatic rings. The monoisotopic (exact) mass is 229 g/mol. The van der Waals surface area contributed by atoms with Crippen molar-refractivity contribution in [3.63, 3.8) is 0 Å². The van der Waals surface area contributed by atoms with Gasteiger partial charge in [-0.3, -0.25) is 0 Å². The minimum atomic E-state index is -4.33. The van der Waals surface area contributed by atoms with Gasteiger partial charge in [0.15, 0.2) is 0 Å². The van der Waals surface area contributed by atoms with E-state index in [1.807, 2.05) is 13.8 Å². The highest BCUT2D eigenvalue weighted by Gasteiger charge is 2.27. The average Bonchev–Trinajstić information content (AvgIpc) is 2.00. The Morgan fingerprint density at radius 2 is 1.87 bits per heavy atom. The predicted octanol–water partition coefficient (Wildman–Crippen LogP) is 1.17. The number of halogens is 3. The molecule has 0 saturated carbocycles. The fourth-order valence-corrected chi connectivity index (χ4v) is 0.908. The smallest absolute Gasteiger partial charge is 0.389 e. The van der Waals surface area contributed by atoms with Crippen LogP contribution in [0.1, 0.15) is 13.8 Å². The lowest BCUT2D eigenvalue weighted by Gasteiger charge is -2.14. The first-order valence-corrected chi connectivity index (χ1v) is 4.84. The van der Waals surface area contributed by atoms with Crippen LogP contribution in [0.2, 0.25) is 0 Å². The molecule has 0 saturated heterocycles. The van der Waals surface area contributed by atoms with Gasteiger partial charge in [-0.05, 0) is 12.5 Å². The number of aliphatic hydroxyl groups is 1. The van der Waals surface area contributed by atoms with Crippen molar-refractivity contribution in [2.75, 3.05) is 26.3 Å². The van der Waals surface area contributed by atoms with E-state index in [2.05, 4.69) is 10.1 Å². The number of hydrogen-bond donors (Lipinski definition) is 2. The molecule has 0 rings (SSSR count). The van der Waals surface area contributed by atoms with E-state index >= 15 is 0 Å². The summed E-state index contributed by atoms with van der Waals surface area (Å²) >= 11 is 0. The Morgan fingerprint density at radius 3 is 2.33 bits per heavy atom. The second-order valence-corrected chi connectivity index (χ2v) is 3.84. The number of alkyl halides is 3. The van der Waals surface area contributed by atoms with E-state index in [-0.39, 0.29) is 13.2 Å². The molecule has 0 heterocycles. The van der Waals surface area contributed by atoms with Crippen LogP contribution in [0.3, 0.4) is 0 Å². The van der Waals surface area contributed by atoms with Crippen molar-refractivity contribution >= 4 is 0 Å². The van der Waals surface area contributed by atoms with Crippen LogP contribution >= 0.6 is 0 Å². The first kappa shape index (κ1) is 14.7. The molecule has 0 aliphatic heterocycles. The third-order valence-electron chi connectivity index (χ3n) is 1.51. The van der Waals surface area contributed by atoms with Crippen LogP contribution in [0, 0.1) is 5.92 Å². The number of aliphatic hydroxyl groups excluding tert-OH is 1. The summed E-state index contributed by atoms with van der Waals surface area (Å²) in [5.41, 5.74) is 0. The van der Waals surface area contributed by atoms with Gasteiger partial charge in [0.1, 0.15) is 6.61 Å². The Kier molecular flexibility index (Phi) is 6.87. The first-order valence-electron chi connectivity index (χ1n) is 4.84. The molecule has 3 nitrogen and oxygen atoms in total. The van der Waals surface area contributed by atoms with E-state index in [0.29, 0.717) is 5.92 Å². The second-order valence-electron chi connectivity index (χ2n) is 3.84. The van der Waals surface area contributed by atoms with Crippen molar-refractivity contribution < 1.29 is 23.0 Å². The highest BCUT2D eigenvalue weighted by atomic mass is 19.4. The summed E-state index contributed by atoms with van der Waals surface area (Å²) in [7, 11) is 0. The molecule has 1 unspecified atom stereocenters. The van der Waals surface area contributed by atoms with E-state index in [1.54, 1.807) is 0 Å². The molecular weight excluding hydrogens is 211 g/mol. The molecule has 0 aliphatic carbocycles. The molecule has 0 aromatic carbocycles. The Balaban J connectivity index is 3.37. The number of nitrogens with one attached hydrogen (secondary N) is 1. The average molecular weight is 229 g/mol. The molecule has 0 radical (unpaired) electrons. The molecule has 15 heavy (non-hydrogen) atoms. The molecule has 6 heteroatoms. The molecule has 92 valence electrons. The van der Waals surface area contributed by atoms with Crippen LogP contribution in [0.4, 0.5) is 13.2 Å². The lowest BCUT2D eigenvalue weighted by molar-refractivity contribution is -0.178. The Bertz CT molecular complexity index is 162. The lowest BCUT2D eigenvalue weighted by atomic mass is 10.2. The van der Waals surface area contributed by atoms with Crippen LogP contribution in [0.25, 0.3) is 0 Å². The van der Waals surface area contributed by atoms with Gasteiger partial charge in [-0.15, -0.1) is 0 Å². The maximum absolute atomic E-state index is 11.6. The Labute approximate surface area is 87.6 Å². The third kappa shape index (κ3) is 11.6. The summed E-state index contributed by atoms with van der Waals surface area (Å²) in [5.74, 6) is 0.438. The normalized spacial score (nSPS) is 14.6. The van der Waals surface area contributed by atoms with Crippen molar-refractivity contribution in [2.45, 2.75) is 26.1 Å². The lowest BCUT2D eigenvalue weighted by Crippen LogP contribution is -2.33. The summed E-state index contributed by atoms with van der Waals surface area (Å²) in [5, 5.41) is 12.1. The second kappa shape index (κ2) is 7.03. The quantitative estimate of drug-likeness (QED) is 0.688. The van der Waals surface area contributed by atoms with Crippen molar-refractivity contribution in [3.8, 4) is 0 Å². The fraction of sp³-hybridized carbons (Fsp3) is 1.00. The fourth-order valence-electron chi connectivity index (χ4n) is 0.908. The van der Waals surface area contributed by atoms with Gasteiger partial charge in [0.05, 0.1) is 12.7 Å². The van der Waals surface area contributed by atoms with Gasteiger partial charge in [-0.2, -0.15) is 13.2 Å². The summed E-state index contributed by atoms with van der Waals surface area (Å²) in [4.78, 5) is 0. The molecule has 0 bridgehead atoms. The predicted molar refractivity (Wildman–Crippen MR) is 50.6 cm³/mol. The Hall–Kier alpha value is -0.330. The van der Waals surface area contributed by atoms with E-state index in [0.717, 1.165) is 6.54 Å². The minimum Gasteiger partial charge on any atom is -0.389 e. The summed E-state index contributed by atoms with van der Waals surface area (Å²) < 4.78 is 39.2. The summed E-state index contributed by atoms with van der Waals surface area (Å²) in [6.45, 7) is 3.35. The van der Waals surface area contributed by atoms with E-state index in [9.17, 15) is 18.3 Å². The van der Waals surface area contributed by atoms with Crippen LogP contribution in [-0.4, -0.2) is 43.7 Å². The van der Waals surface area contributed by atoms with Crippen molar-refractivity contribution in [2.24, 2.45) is 5.92 Å². The molecule has 0 aromatic heterocycles. The van der Waals surface area contributed by atoms with Gasteiger partial charge in [-0.1, -0.05) is 13.8 Å². The van der Waals surface area contributed by atoms with Crippen LogP contribution < -0.4 is 5.32 Å². The van der Waals surface area contributed by atoms with E-state index in [4.69, 9.17) is 0 Å². The van der Waals surface area contributed by atoms with Gasteiger partial charge in [0.25, 0.3) is 0 Å². The van der Waals surface area contributed by atoms with Crippen LogP contribution in [0.5, 0.6) is 0 Å². The van der Waals surface area contributed by atoms with Gasteiger partial charge in [0, 0.05) is 6.54 Å². The van der Waals surface area contributed by atoms with Gasteiger partial charge in [-0.25, -0.2) is 0 Å². The standard InChI is InChI=1S/C9H18F3NO2/c1-7(2)3-13-4-8(14)5-15-6-9(10,11)12/h7-8,13-14H,3-6H2,1-2H3. The number of hydrogen-bond acceptors (Lipinski definition) is 3. The topological polar surface area (TPSA) is 41.5 Å². The molecule has 0 fully saturated rings.